The van der Waals surface area contributed by atoms with Crippen molar-refractivity contribution >= 4 is 45.2 Å². The summed E-state index contributed by atoms with van der Waals surface area (Å²) in [6, 6.07) is 0. The second kappa shape index (κ2) is 9.00. The van der Waals surface area contributed by atoms with Crippen molar-refractivity contribution in [3.05, 3.63) is 0 Å². The fourth-order valence-electron chi connectivity index (χ4n) is 1.71. The Morgan fingerprint density at radius 3 is 2.67 bits per heavy atom. The molecule has 1 heterocycles. The number of carbonyl (C=O) groups is 2. The molecule has 0 bridgehead atoms. The van der Waals surface area contributed by atoms with Crippen molar-refractivity contribution in [2.45, 2.75) is 38.2 Å². The Balaban J connectivity index is 1.96. The van der Waals surface area contributed by atoms with Gasteiger partial charge in [0.25, 0.3) is 0 Å². The largest absolute Gasteiger partial charge is 0.444 e. The molecule has 5 nitrogen and oxygen atoms in total. The zero-order valence-corrected chi connectivity index (χ0v) is 15.1. The van der Waals surface area contributed by atoms with Gasteiger partial charge in [0.2, 0.25) is 5.91 Å². The van der Waals surface area contributed by atoms with Gasteiger partial charge in [-0.1, -0.05) is 21.6 Å². The highest BCUT2D eigenvalue weighted by molar-refractivity contribution is 8.76. The monoisotopic (exact) mass is 354 g/mol. The molecule has 0 aromatic rings. The molecule has 1 rings (SSSR count). The lowest BCUT2D eigenvalue weighted by Crippen LogP contribution is -2.33. The van der Waals surface area contributed by atoms with E-state index >= 15 is 0 Å². The van der Waals surface area contributed by atoms with Crippen molar-refractivity contribution in [3.63, 3.8) is 0 Å². The van der Waals surface area contributed by atoms with E-state index in [0.717, 1.165) is 18.1 Å². The number of nitrogens with zero attached hydrogens (tertiary/aromatic N) is 1. The van der Waals surface area contributed by atoms with E-state index in [0.29, 0.717) is 19.5 Å². The summed E-state index contributed by atoms with van der Waals surface area (Å²) in [5.74, 6) is 1.81. The van der Waals surface area contributed by atoms with Crippen molar-refractivity contribution in [1.29, 1.82) is 0 Å². The Labute approximate surface area is 139 Å². The average Bonchev–Trinajstić information content (AvgIpc) is 2.64. The van der Waals surface area contributed by atoms with Gasteiger partial charge in [0.1, 0.15) is 5.60 Å². The van der Waals surface area contributed by atoms with Crippen LogP contribution in [0.2, 0.25) is 0 Å². The van der Waals surface area contributed by atoms with E-state index in [4.69, 9.17) is 16.3 Å². The molecule has 122 valence electrons. The van der Waals surface area contributed by atoms with Crippen LogP contribution < -0.4 is 5.32 Å². The molecule has 1 aliphatic heterocycles. The Morgan fingerprint density at radius 1 is 1.43 bits per heavy atom. The van der Waals surface area contributed by atoms with Crippen LogP contribution in [0, 0.1) is 0 Å². The van der Waals surface area contributed by atoms with Gasteiger partial charge >= 0.3 is 6.09 Å². The summed E-state index contributed by atoms with van der Waals surface area (Å²) in [6.07, 6.45) is 0.0723. The highest BCUT2D eigenvalue weighted by atomic mass is 35.5. The molecule has 1 N–H and O–H groups in total. The van der Waals surface area contributed by atoms with Crippen LogP contribution in [0.5, 0.6) is 0 Å². The molecule has 1 saturated heterocycles. The van der Waals surface area contributed by atoms with E-state index in [1.165, 1.54) is 0 Å². The predicted octanol–water partition coefficient (Wildman–Crippen LogP) is 2.73. The van der Waals surface area contributed by atoms with E-state index in [9.17, 15) is 9.59 Å². The van der Waals surface area contributed by atoms with Crippen molar-refractivity contribution < 1.29 is 14.3 Å². The van der Waals surface area contributed by atoms with Gasteiger partial charge in [0.15, 0.2) is 0 Å². The first kappa shape index (κ1) is 18.8. The lowest BCUT2D eigenvalue weighted by molar-refractivity contribution is -0.127. The summed E-state index contributed by atoms with van der Waals surface area (Å²) in [7, 11) is 3.37. The minimum Gasteiger partial charge on any atom is -0.444 e. The normalized spacial score (nSPS) is 19.0. The van der Waals surface area contributed by atoms with Crippen LogP contribution in [0.25, 0.3) is 0 Å². The van der Waals surface area contributed by atoms with E-state index in [2.05, 4.69) is 5.32 Å². The third kappa shape index (κ3) is 8.68. The molecule has 0 radical (unpaired) electrons. The zero-order chi connectivity index (χ0) is 15.9. The first-order chi connectivity index (χ1) is 9.78. The number of rotatable bonds is 7. The molecule has 0 saturated carbocycles. The minimum atomic E-state index is -0.464. The first-order valence-corrected chi connectivity index (χ1v) is 9.83. The molecule has 0 aromatic heterocycles. The first-order valence-electron chi connectivity index (χ1n) is 6.91. The maximum Gasteiger partial charge on any atom is 0.407 e. The molecule has 1 aliphatic rings. The summed E-state index contributed by atoms with van der Waals surface area (Å²) in [4.78, 5) is 24.7. The smallest absolute Gasteiger partial charge is 0.407 e. The summed E-state index contributed by atoms with van der Waals surface area (Å²) in [5.41, 5.74) is -0.464. The number of hydrogen-bond donors (Lipinski definition) is 1. The molecule has 1 fully saturated rings. The maximum atomic E-state index is 11.5. The molecule has 2 amide bonds. The molecule has 1 unspecified atom stereocenters. The van der Waals surface area contributed by atoms with Crippen LogP contribution in [0.15, 0.2) is 0 Å². The van der Waals surface area contributed by atoms with Crippen LogP contribution in [0.3, 0.4) is 0 Å². The maximum absolute atomic E-state index is 11.5. The Kier molecular flexibility index (Phi) is 8.05. The Hall–Kier alpha value is -0.270. The van der Waals surface area contributed by atoms with Crippen molar-refractivity contribution in [2.24, 2.45) is 0 Å². The van der Waals surface area contributed by atoms with Crippen molar-refractivity contribution in [1.82, 2.24) is 10.2 Å². The number of nitrogens with one attached hydrogen (secondary N) is 1. The predicted molar refractivity (Wildman–Crippen MR) is 90.0 cm³/mol. The quantitative estimate of drug-likeness (QED) is 0.433. The number of halogens is 1. The third-order valence-corrected chi connectivity index (χ3v) is 5.23. The molecule has 1 atom stereocenters. The van der Waals surface area contributed by atoms with E-state index < -0.39 is 5.60 Å². The second-order valence-corrected chi connectivity index (χ2v) is 9.03. The summed E-state index contributed by atoms with van der Waals surface area (Å²) < 4.78 is 5.13. The topological polar surface area (TPSA) is 58.6 Å². The van der Waals surface area contributed by atoms with Gasteiger partial charge in [-0.3, -0.25) is 4.79 Å². The standard InChI is InChI=1S/C13H23ClN2O3S2/c1-13(2,3)19-12(18)15-4-6-20-21-7-5-16-9-10(14)8-11(16)17/h10H,4-9H2,1-3H3,(H,15,18). The highest BCUT2D eigenvalue weighted by Gasteiger charge is 2.27. The van der Waals surface area contributed by atoms with Crippen molar-refractivity contribution in [3.8, 4) is 0 Å². The zero-order valence-electron chi connectivity index (χ0n) is 12.7. The fourth-order valence-corrected chi connectivity index (χ4v) is 3.91. The lowest BCUT2D eigenvalue weighted by Gasteiger charge is -2.19. The Bertz CT molecular complexity index is 364. The van der Waals surface area contributed by atoms with Crippen LogP contribution in [-0.2, 0) is 9.53 Å². The van der Waals surface area contributed by atoms with Gasteiger partial charge in [0.05, 0.1) is 5.38 Å². The van der Waals surface area contributed by atoms with Gasteiger partial charge in [-0.05, 0) is 20.8 Å². The third-order valence-electron chi connectivity index (χ3n) is 2.55. The van der Waals surface area contributed by atoms with Crippen LogP contribution >= 0.6 is 33.2 Å². The van der Waals surface area contributed by atoms with E-state index in [1.807, 2.05) is 25.7 Å². The fraction of sp³-hybridized carbons (Fsp3) is 0.846. The average molecular weight is 355 g/mol. The van der Waals surface area contributed by atoms with Gasteiger partial charge in [0, 0.05) is 37.6 Å². The minimum absolute atomic E-state index is 0.0341. The number of alkyl halides is 1. The van der Waals surface area contributed by atoms with Crippen molar-refractivity contribution in [2.75, 3.05) is 31.1 Å². The van der Waals surface area contributed by atoms with Gasteiger partial charge in [-0.15, -0.1) is 11.6 Å². The lowest BCUT2D eigenvalue weighted by atomic mass is 10.2. The highest BCUT2D eigenvalue weighted by Crippen LogP contribution is 2.22. The number of ether oxygens (including phenoxy) is 1. The van der Waals surface area contributed by atoms with Crippen LogP contribution in [0.1, 0.15) is 27.2 Å². The number of carbonyl (C=O) groups excluding carboxylic acids is 2. The molecule has 0 aromatic carbocycles. The summed E-state index contributed by atoms with van der Waals surface area (Å²) in [5, 5.41) is 2.67. The van der Waals surface area contributed by atoms with E-state index in [1.54, 1.807) is 21.6 Å². The van der Waals surface area contributed by atoms with Gasteiger partial charge in [-0.2, -0.15) is 0 Å². The molecule has 0 spiro atoms. The van der Waals surface area contributed by atoms with Crippen LogP contribution in [0.4, 0.5) is 4.79 Å². The number of likely N-dealkylation sites (tertiary alicyclic amines) is 1. The summed E-state index contributed by atoms with van der Waals surface area (Å²) in [6.45, 7) is 7.47. The van der Waals surface area contributed by atoms with Gasteiger partial charge < -0.3 is 15.0 Å². The number of alkyl carbamates (subject to hydrolysis) is 1. The van der Waals surface area contributed by atoms with E-state index in [-0.39, 0.29) is 17.4 Å². The van der Waals surface area contributed by atoms with Gasteiger partial charge in [-0.25, -0.2) is 4.79 Å². The molecule has 0 aliphatic carbocycles. The number of hydrogen-bond acceptors (Lipinski definition) is 5. The second-order valence-electron chi connectivity index (χ2n) is 5.71. The molecular formula is C13H23ClN2O3S2. The molecule has 8 heteroatoms. The molecule has 21 heavy (non-hydrogen) atoms. The Morgan fingerprint density at radius 2 is 2.10 bits per heavy atom. The molecular weight excluding hydrogens is 332 g/mol. The van der Waals surface area contributed by atoms with Crippen LogP contribution in [-0.4, -0.2) is 59.0 Å². The SMILES string of the molecule is CC(C)(C)OC(=O)NCCSSCCN1CC(Cl)CC1=O. The summed E-state index contributed by atoms with van der Waals surface area (Å²) >= 11 is 5.93. The number of amides is 2.